The van der Waals surface area contributed by atoms with Crippen LogP contribution in [0.15, 0.2) is 12.3 Å². The minimum atomic E-state index is 0.719. The molecular weight excluding hydrogens is 268 g/mol. The van der Waals surface area contributed by atoms with E-state index in [9.17, 15) is 0 Å². The minimum absolute atomic E-state index is 0.719. The van der Waals surface area contributed by atoms with Crippen molar-refractivity contribution in [1.82, 2.24) is 10.2 Å². The second kappa shape index (κ2) is 14.1. The molecule has 0 saturated heterocycles. The molecule has 0 unspecified atom stereocenters. The Balaban J connectivity index is 3.28. The molecule has 0 radical (unpaired) electrons. The summed E-state index contributed by atoms with van der Waals surface area (Å²) in [5.74, 6) is 1.49. The molecule has 22 heavy (non-hydrogen) atoms. The van der Waals surface area contributed by atoms with Gasteiger partial charge in [0.2, 0.25) is 0 Å². The number of hydrogen-bond donors (Lipinski definition) is 1. The topological polar surface area (TPSA) is 15.3 Å². The molecule has 0 aromatic heterocycles. The number of hydrogen-bond acceptors (Lipinski definition) is 2. The van der Waals surface area contributed by atoms with Gasteiger partial charge in [0.1, 0.15) is 0 Å². The van der Waals surface area contributed by atoms with Gasteiger partial charge in [-0.15, -0.1) is 0 Å². The van der Waals surface area contributed by atoms with Crippen molar-refractivity contribution >= 4 is 0 Å². The van der Waals surface area contributed by atoms with Gasteiger partial charge in [0, 0.05) is 19.3 Å². The molecule has 2 nitrogen and oxygen atoms in total. The third kappa shape index (κ3) is 14.4. The average Bonchev–Trinajstić information content (AvgIpc) is 2.43. The van der Waals surface area contributed by atoms with E-state index in [4.69, 9.17) is 0 Å². The van der Waals surface area contributed by atoms with Gasteiger partial charge in [-0.3, -0.25) is 0 Å². The van der Waals surface area contributed by atoms with Crippen LogP contribution >= 0.6 is 0 Å². The lowest BCUT2D eigenvalue weighted by Gasteiger charge is -2.23. The molecule has 0 amide bonds. The summed E-state index contributed by atoms with van der Waals surface area (Å²) >= 11 is 0. The third-order valence-electron chi connectivity index (χ3n) is 4.05. The maximum Gasteiger partial charge on any atom is 0.0194 e. The molecule has 0 aliphatic heterocycles. The quantitative estimate of drug-likeness (QED) is 0.404. The first-order chi connectivity index (χ1) is 10.4. The highest BCUT2D eigenvalue weighted by molar-refractivity contribution is 4.92. The summed E-state index contributed by atoms with van der Waals surface area (Å²) in [6.07, 6.45) is 10.7. The van der Waals surface area contributed by atoms with Crippen LogP contribution in [0.3, 0.4) is 0 Å². The van der Waals surface area contributed by atoms with Crippen molar-refractivity contribution in [3.05, 3.63) is 12.3 Å². The van der Waals surface area contributed by atoms with Crippen LogP contribution in [0.2, 0.25) is 0 Å². The normalized spacial score (nSPS) is 11.4. The average molecular weight is 311 g/mol. The summed E-state index contributed by atoms with van der Waals surface area (Å²) in [5, 5.41) is 3.52. The Hall–Kier alpha value is -0.500. The lowest BCUT2D eigenvalue weighted by atomic mass is 10.1. The van der Waals surface area contributed by atoms with E-state index < -0.39 is 0 Å². The SMILES string of the molecule is C=C(CCCCCCCCCNCC(C)C)N(C)CC(C)C. The van der Waals surface area contributed by atoms with E-state index in [1.807, 2.05) is 0 Å². The number of allylic oxidation sites excluding steroid dienone is 1. The van der Waals surface area contributed by atoms with Crippen molar-refractivity contribution in [1.29, 1.82) is 0 Å². The molecule has 0 aliphatic carbocycles. The molecule has 0 rings (SSSR count). The fourth-order valence-corrected chi connectivity index (χ4v) is 2.72. The van der Waals surface area contributed by atoms with Crippen LogP contribution in [0.25, 0.3) is 0 Å². The highest BCUT2D eigenvalue weighted by atomic mass is 15.1. The van der Waals surface area contributed by atoms with Crippen LogP contribution in [0, 0.1) is 11.8 Å². The second-order valence-electron chi connectivity index (χ2n) is 7.66. The summed E-state index contributed by atoms with van der Waals surface area (Å²) in [5.41, 5.74) is 1.31. The Labute approximate surface area is 140 Å². The molecule has 2 heteroatoms. The molecule has 0 aromatic rings. The van der Waals surface area contributed by atoms with Crippen molar-refractivity contribution in [3.63, 3.8) is 0 Å². The number of nitrogens with zero attached hydrogens (tertiary/aromatic N) is 1. The standard InChI is InChI=1S/C20H42N2/c1-18(2)16-21-15-13-11-9-7-8-10-12-14-20(5)22(6)17-19(3)4/h18-19,21H,5,7-17H2,1-4,6H3. The highest BCUT2D eigenvalue weighted by Gasteiger charge is 2.04. The van der Waals surface area contributed by atoms with E-state index in [1.165, 1.54) is 63.6 Å². The van der Waals surface area contributed by atoms with E-state index in [2.05, 4.69) is 51.5 Å². The van der Waals surface area contributed by atoms with E-state index in [1.54, 1.807) is 0 Å². The van der Waals surface area contributed by atoms with Crippen molar-refractivity contribution in [3.8, 4) is 0 Å². The van der Waals surface area contributed by atoms with E-state index in [-0.39, 0.29) is 0 Å². The van der Waals surface area contributed by atoms with Gasteiger partial charge in [-0.2, -0.15) is 0 Å². The maximum atomic E-state index is 4.21. The van der Waals surface area contributed by atoms with Gasteiger partial charge < -0.3 is 10.2 Å². The van der Waals surface area contributed by atoms with E-state index in [0.717, 1.165) is 24.9 Å². The molecule has 0 aliphatic rings. The summed E-state index contributed by atoms with van der Waals surface area (Å²) in [6, 6.07) is 0. The number of nitrogens with one attached hydrogen (secondary N) is 1. The Bertz CT molecular complexity index is 258. The summed E-state index contributed by atoms with van der Waals surface area (Å²) in [6.45, 7) is 16.8. The largest absolute Gasteiger partial charge is 0.378 e. The molecule has 0 spiro atoms. The zero-order valence-corrected chi connectivity index (χ0v) is 16.1. The molecule has 132 valence electrons. The Morgan fingerprint density at radius 2 is 1.41 bits per heavy atom. The maximum absolute atomic E-state index is 4.21. The van der Waals surface area contributed by atoms with Crippen LogP contribution in [0.4, 0.5) is 0 Å². The van der Waals surface area contributed by atoms with Gasteiger partial charge in [0.15, 0.2) is 0 Å². The smallest absolute Gasteiger partial charge is 0.0194 e. The zero-order chi connectivity index (χ0) is 16.8. The van der Waals surface area contributed by atoms with Crippen LogP contribution < -0.4 is 5.32 Å². The molecular formula is C20H42N2. The first-order valence-corrected chi connectivity index (χ1v) is 9.53. The molecule has 0 bridgehead atoms. The summed E-state index contributed by atoms with van der Waals surface area (Å²) in [7, 11) is 2.18. The summed E-state index contributed by atoms with van der Waals surface area (Å²) < 4.78 is 0. The van der Waals surface area contributed by atoms with Crippen molar-refractivity contribution in [2.75, 3.05) is 26.7 Å². The van der Waals surface area contributed by atoms with Crippen molar-refractivity contribution < 1.29 is 0 Å². The zero-order valence-electron chi connectivity index (χ0n) is 16.1. The van der Waals surface area contributed by atoms with Gasteiger partial charge in [0.05, 0.1) is 0 Å². The Kier molecular flexibility index (Phi) is 13.8. The van der Waals surface area contributed by atoms with Crippen LogP contribution in [-0.2, 0) is 0 Å². The van der Waals surface area contributed by atoms with Gasteiger partial charge in [-0.25, -0.2) is 0 Å². The molecule has 0 heterocycles. The summed E-state index contributed by atoms with van der Waals surface area (Å²) in [4.78, 5) is 2.33. The Morgan fingerprint density at radius 3 is 1.95 bits per heavy atom. The van der Waals surface area contributed by atoms with Gasteiger partial charge >= 0.3 is 0 Å². The lowest BCUT2D eigenvalue weighted by Crippen LogP contribution is -2.22. The molecule has 1 N–H and O–H groups in total. The van der Waals surface area contributed by atoms with Crippen LogP contribution in [0.1, 0.15) is 79.1 Å². The van der Waals surface area contributed by atoms with Gasteiger partial charge in [-0.1, -0.05) is 66.4 Å². The van der Waals surface area contributed by atoms with Crippen LogP contribution in [-0.4, -0.2) is 31.6 Å². The highest BCUT2D eigenvalue weighted by Crippen LogP contribution is 2.14. The minimum Gasteiger partial charge on any atom is -0.378 e. The monoisotopic (exact) mass is 310 g/mol. The molecule has 0 atom stereocenters. The predicted octanol–water partition coefficient (Wildman–Crippen LogP) is 5.45. The van der Waals surface area contributed by atoms with Gasteiger partial charge in [0.25, 0.3) is 0 Å². The Morgan fingerprint density at radius 1 is 0.864 bits per heavy atom. The molecule has 0 saturated carbocycles. The van der Waals surface area contributed by atoms with Crippen molar-refractivity contribution in [2.24, 2.45) is 11.8 Å². The third-order valence-corrected chi connectivity index (χ3v) is 4.05. The number of rotatable bonds is 15. The first kappa shape index (κ1) is 21.5. The van der Waals surface area contributed by atoms with Crippen molar-refractivity contribution in [2.45, 2.75) is 79.1 Å². The second-order valence-corrected chi connectivity index (χ2v) is 7.66. The van der Waals surface area contributed by atoms with E-state index in [0.29, 0.717) is 0 Å². The number of unbranched alkanes of at least 4 members (excludes halogenated alkanes) is 6. The fraction of sp³-hybridized carbons (Fsp3) is 0.900. The first-order valence-electron chi connectivity index (χ1n) is 9.53. The lowest BCUT2D eigenvalue weighted by molar-refractivity contribution is 0.348. The predicted molar refractivity (Wildman–Crippen MR) is 101 cm³/mol. The molecule has 0 fully saturated rings. The molecule has 0 aromatic carbocycles. The fourth-order valence-electron chi connectivity index (χ4n) is 2.72. The van der Waals surface area contributed by atoms with Crippen LogP contribution in [0.5, 0.6) is 0 Å². The van der Waals surface area contributed by atoms with Gasteiger partial charge in [-0.05, 0) is 44.2 Å². The van der Waals surface area contributed by atoms with E-state index >= 15 is 0 Å².